The van der Waals surface area contributed by atoms with Gasteiger partial charge in [-0.05, 0) is 32.9 Å². The van der Waals surface area contributed by atoms with E-state index in [0.29, 0.717) is 31.5 Å². The zero-order valence-electron chi connectivity index (χ0n) is 13.6. The van der Waals surface area contributed by atoms with E-state index in [1.54, 1.807) is 11.3 Å². The predicted molar refractivity (Wildman–Crippen MR) is 94.6 cm³/mol. The highest BCUT2D eigenvalue weighted by Gasteiger charge is 2.07. The molecule has 0 aliphatic heterocycles. The summed E-state index contributed by atoms with van der Waals surface area (Å²) in [7, 11) is 0. The largest absolute Gasteiger partial charge is 0.494 e. The number of aromatic nitrogens is 1. The van der Waals surface area contributed by atoms with Crippen LogP contribution in [0.3, 0.4) is 0 Å². The third-order valence-corrected chi connectivity index (χ3v) is 3.98. The van der Waals surface area contributed by atoms with Gasteiger partial charge < -0.3 is 20.5 Å². The number of hydrogen-bond acceptors (Lipinski definition) is 5. The Balaban J connectivity index is 2.12. The number of nitrogens with zero attached hydrogens (tertiary/aromatic N) is 2. The second-order valence-electron chi connectivity index (χ2n) is 4.71. The Morgan fingerprint density at radius 1 is 1.30 bits per heavy atom. The molecule has 2 rings (SSSR count). The van der Waals surface area contributed by atoms with Gasteiger partial charge in [0.05, 0.1) is 36.7 Å². The SMILES string of the molecule is CCOc1ccc(OCC)c(NC(N)=NCc2scnc2C)c1. The van der Waals surface area contributed by atoms with Crippen molar-refractivity contribution in [3.63, 3.8) is 0 Å². The molecule has 0 amide bonds. The van der Waals surface area contributed by atoms with Crippen molar-refractivity contribution in [1.29, 1.82) is 0 Å². The van der Waals surface area contributed by atoms with Crippen LogP contribution in [-0.4, -0.2) is 24.2 Å². The summed E-state index contributed by atoms with van der Waals surface area (Å²) in [6.07, 6.45) is 0. The summed E-state index contributed by atoms with van der Waals surface area (Å²) >= 11 is 1.57. The predicted octanol–water partition coefficient (Wildman–Crippen LogP) is 3.18. The van der Waals surface area contributed by atoms with Crippen molar-refractivity contribution in [2.45, 2.75) is 27.3 Å². The lowest BCUT2D eigenvalue weighted by Crippen LogP contribution is -2.23. The van der Waals surface area contributed by atoms with Crippen LogP contribution >= 0.6 is 11.3 Å². The summed E-state index contributed by atoms with van der Waals surface area (Å²) in [6.45, 7) is 7.51. The summed E-state index contributed by atoms with van der Waals surface area (Å²) in [6, 6.07) is 5.58. The van der Waals surface area contributed by atoms with Gasteiger partial charge in [-0.25, -0.2) is 9.98 Å². The number of thiazole rings is 1. The minimum absolute atomic E-state index is 0.326. The van der Waals surface area contributed by atoms with E-state index in [0.717, 1.165) is 22.0 Å². The first-order chi connectivity index (χ1) is 11.1. The monoisotopic (exact) mass is 334 g/mol. The number of ether oxygens (including phenoxy) is 2. The number of hydrogen-bond donors (Lipinski definition) is 2. The van der Waals surface area contributed by atoms with Gasteiger partial charge in [0.15, 0.2) is 5.96 Å². The summed E-state index contributed by atoms with van der Waals surface area (Å²) in [4.78, 5) is 9.66. The van der Waals surface area contributed by atoms with Crippen molar-refractivity contribution in [2.75, 3.05) is 18.5 Å². The van der Waals surface area contributed by atoms with E-state index in [1.807, 2.05) is 44.5 Å². The molecule has 0 fully saturated rings. The number of aryl methyl sites for hydroxylation is 1. The van der Waals surface area contributed by atoms with Crippen LogP contribution in [0.15, 0.2) is 28.7 Å². The Morgan fingerprint density at radius 3 is 2.74 bits per heavy atom. The molecule has 0 radical (unpaired) electrons. The Kier molecular flexibility index (Phi) is 6.22. The average molecular weight is 334 g/mol. The van der Waals surface area contributed by atoms with E-state index in [2.05, 4.69) is 15.3 Å². The summed E-state index contributed by atoms with van der Waals surface area (Å²) in [5.74, 6) is 1.79. The first kappa shape index (κ1) is 17.1. The molecular weight excluding hydrogens is 312 g/mol. The third kappa shape index (κ3) is 4.85. The molecule has 7 heteroatoms. The van der Waals surface area contributed by atoms with Gasteiger partial charge in [-0.2, -0.15) is 0 Å². The summed E-state index contributed by atoms with van der Waals surface area (Å²) < 4.78 is 11.1. The van der Waals surface area contributed by atoms with Crippen molar-refractivity contribution >= 4 is 23.0 Å². The Bertz CT molecular complexity index is 670. The molecule has 2 aromatic rings. The number of nitrogens with two attached hydrogens (primary N) is 1. The number of rotatable bonds is 7. The van der Waals surface area contributed by atoms with Crippen molar-refractivity contribution < 1.29 is 9.47 Å². The standard InChI is InChI=1S/C16H22N4O2S/c1-4-21-12-6-7-14(22-5-2)13(8-12)20-16(17)18-9-15-11(3)19-10-23-15/h6-8,10H,4-5,9H2,1-3H3,(H3,17,18,20). The number of nitrogens with one attached hydrogen (secondary N) is 1. The lowest BCUT2D eigenvalue weighted by molar-refractivity contribution is 0.332. The van der Waals surface area contributed by atoms with Crippen LogP contribution in [0.1, 0.15) is 24.4 Å². The Morgan fingerprint density at radius 2 is 2.09 bits per heavy atom. The van der Waals surface area contributed by atoms with Gasteiger partial charge in [0.2, 0.25) is 0 Å². The van der Waals surface area contributed by atoms with Gasteiger partial charge in [-0.1, -0.05) is 0 Å². The van der Waals surface area contributed by atoms with E-state index in [4.69, 9.17) is 15.2 Å². The van der Waals surface area contributed by atoms with E-state index in [9.17, 15) is 0 Å². The first-order valence-electron chi connectivity index (χ1n) is 7.49. The molecule has 0 aliphatic rings. The molecule has 0 spiro atoms. The van der Waals surface area contributed by atoms with Gasteiger partial charge in [0.25, 0.3) is 0 Å². The molecule has 124 valence electrons. The zero-order chi connectivity index (χ0) is 16.7. The fraction of sp³-hybridized carbons (Fsp3) is 0.375. The number of benzene rings is 1. The molecular formula is C16H22N4O2S. The maximum Gasteiger partial charge on any atom is 0.193 e. The number of guanidine groups is 1. The van der Waals surface area contributed by atoms with Gasteiger partial charge in [-0.3, -0.25) is 0 Å². The van der Waals surface area contributed by atoms with Gasteiger partial charge in [-0.15, -0.1) is 11.3 Å². The Hall–Kier alpha value is -2.28. The van der Waals surface area contributed by atoms with Crippen LogP contribution in [-0.2, 0) is 6.54 Å². The lowest BCUT2D eigenvalue weighted by Gasteiger charge is -2.13. The average Bonchev–Trinajstić information content (AvgIpc) is 2.93. The lowest BCUT2D eigenvalue weighted by atomic mass is 10.2. The van der Waals surface area contributed by atoms with E-state index in [1.165, 1.54) is 0 Å². The highest BCUT2D eigenvalue weighted by atomic mass is 32.1. The van der Waals surface area contributed by atoms with Crippen LogP contribution < -0.4 is 20.5 Å². The molecule has 23 heavy (non-hydrogen) atoms. The molecule has 0 unspecified atom stereocenters. The molecule has 1 aromatic heterocycles. The van der Waals surface area contributed by atoms with Crippen LogP contribution in [0.5, 0.6) is 11.5 Å². The maximum absolute atomic E-state index is 5.99. The fourth-order valence-corrected chi connectivity index (χ4v) is 2.66. The fourth-order valence-electron chi connectivity index (χ4n) is 1.96. The molecule has 3 N–H and O–H groups in total. The minimum atomic E-state index is 0.326. The minimum Gasteiger partial charge on any atom is -0.494 e. The van der Waals surface area contributed by atoms with Crippen molar-refractivity contribution in [3.05, 3.63) is 34.3 Å². The van der Waals surface area contributed by atoms with Crippen LogP contribution in [0.2, 0.25) is 0 Å². The molecule has 1 aromatic carbocycles. The third-order valence-electron chi connectivity index (χ3n) is 3.06. The number of anilines is 1. The van der Waals surface area contributed by atoms with Crippen LogP contribution in [0.25, 0.3) is 0 Å². The number of aliphatic imine (C=N–C) groups is 1. The normalized spacial score (nSPS) is 11.3. The van der Waals surface area contributed by atoms with E-state index >= 15 is 0 Å². The smallest absolute Gasteiger partial charge is 0.193 e. The molecule has 0 atom stereocenters. The highest BCUT2D eigenvalue weighted by molar-refractivity contribution is 7.09. The van der Waals surface area contributed by atoms with Crippen molar-refractivity contribution in [3.8, 4) is 11.5 Å². The van der Waals surface area contributed by atoms with Crippen molar-refractivity contribution in [2.24, 2.45) is 10.7 Å². The summed E-state index contributed by atoms with van der Waals surface area (Å²) in [5.41, 5.74) is 9.52. The summed E-state index contributed by atoms with van der Waals surface area (Å²) in [5, 5.41) is 3.08. The second kappa shape index (κ2) is 8.38. The van der Waals surface area contributed by atoms with Gasteiger partial charge >= 0.3 is 0 Å². The first-order valence-corrected chi connectivity index (χ1v) is 8.37. The molecule has 0 aliphatic carbocycles. The Labute approximate surface area is 140 Å². The zero-order valence-corrected chi connectivity index (χ0v) is 14.4. The molecule has 6 nitrogen and oxygen atoms in total. The molecule has 0 bridgehead atoms. The molecule has 0 saturated carbocycles. The van der Waals surface area contributed by atoms with E-state index in [-0.39, 0.29) is 0 Å². The van der Waals surface area contributed by atoms with Crippen LogP contribution in [0, 0.1) is 6.92 Å². The topological polar surface area (TPSA) is 81.8 Å². The van der Waals surface area contributed by atoms with Gasteiger partial charge in [0.1, 0.15) is 11.5 Å². The second-order valence-corrected chi connectivity index (χ2v) is 5.65. The molecule has 1 heterocycles. The quantitative estimate of drug-likeness (QED) is 0.600. The maximum atomic E-state index is 5.99. The van der Waals surface area contributed by atoms with Gasteiger partial charge in [0, 0.05) is 10.9 Å². The molecule has 0 saturated heterocycles. The van der Waals surface area contributed by atoms with Crippen LogP contribution in [0.4, 0.5) is 5.69 Å². The van der Waals surface area contributed by atoms with E-state index < -0.39 is 0 Å². The highest BCUT2D eigenvalue weighted by Crippen LogP contribution is 2.29. The van der Waals surface area contributed by atoms with Crippen molar-refractivity contribution in [1.82, 2.24) is 4.98 Å².